The molecular formula is C11H20N4O. The average Bonchev–Trinajstić information content (AvgIpc) is 2.46. The first-order valence-corrected chi connectivity index (χ1v) is 5.50. The van der Waals surface area contributed by atoms with Gasteiger partial charge >= 0.3 is 0 Å². The Morgan fingerprint density at radius 3 is 2.62 bits per heavy atom. The number of hydrogen-bond acceptors (Lipinski definition) is 3. The van der Waals surface area contributed by atoms with Crippen LogP contribution >= 0.6 is 0 Å². The molecule has 5 nitrogen and oxygen atoms in total. The van der Waals surface area contributed by atoms with Crippen LogP contribution in [0.3, 0.4) is 0 Å². The van der Waals surface area contributed by atoms with E-state index >= 15 is 0 Å². The maximum atomic E-state index is 11.9. The van der Waals surface area contributed by atoms with Crippen molar-refractivity contribution in [3.05, 3.63) is 11.4 Å². The first-order valence-electron chi connectivity index (χ1n) is 5.50. The molecule has 4 N–H and O–H groups in total. The van der Waals surface area contributed by atoms with Gasteiger partial charge in [-0.25, -0.2) is 0 Å². The van der Waals surface area contributed by atoms with Crippen LogP contribution in [0.4, 0.5) is 5.69 Å². The maximum absolute atomic E-state index is 11.9. The quantitative estimate of drug-likeness (QED) is 0.726. The third-order valence-corrected chi connectivity index (χ3v) is 2.54. The summed E-state index contributed by atoms with van der Waals surface area (Å²) in [4.78, 5) is 11.9. The van der Waals surface area contributed by atoms with Gasteiger partial charge in [0, 0.05) is 5.54 Å². The smallest absolute Gasteiger partial charge is 0.274 e. The second kappa shape index (κ2) is 4.55. The summed E-state index contributed by atoms with van der Waals surface area (Å²) in [7, 11) is 0. The molecule has 0 aromatic carbocycles. The molecule has 0 bridgehead atoms. The third kappa shape index (κ3) is 2.74. The molecule has 1 aromatic rings. The number of amides is 1. The molecule has 1 rings (SSSR count). The van der Waals surface area contributed by atoms with E-state index in [1.54, 1.807) is 6.92 Å². The molecule has 5 heteroatoms. The Morgan fingerprint density at radius 1 is 1.56 bits per heavy atom. The van der Waals surface area contributed by atoms with E-state index in [0.717, 1.165) is 18.5 Å². The fraction of sp³-hybridized carbons (Fsp3) is 0.636. The SMILES string of the molecule is CCCC(C)(C)NC(=O)c1n[nH]c(C)c1N. The molecule has 0 saturated heterocycles. The molecule has 0 radical (unpaired) electrons. The number of nitrogens with zero attached hydrogens (tertiary/aromatic N) is 1. The molecule has 90 valence electrons. The van der Waals surface area contributed by atoms with Crippen molar-refractivity contribution in [2.24, 2.45) is 0 Å². The van der Waals surface area contributed by atoms with Crippen LogP contribution in [0.2, 0.25) is 0 Å². The van der Waals surface area contributed by atoms with Crippen molar-refractivity contribution in [2.75, 3.05) is 5.73 Å². The van der Waals surface area contributed by atoms with E-state index < -0.39 is 0 Å². The highest BCUT2D eigenvalue weighted by molar-refractivity contribution is 5.97. The first-order chi connectivity index (χ1) is 7.37. The molecule has 0 fully saturated rings. The molecule has 0 aliphatic carbocycles. The van der Waals surface area contributed by atoms with Gasteiger partial charge in [-0.2, -0.15) is 5.10 Å². The summed E-state index contributed by atoms with van der Waals surface area (Å²) in [6, 6.07) is 0. The summed E-state index contributed by atoms with van der Waals surface area (Å²) < 4.78 is 0. The van der Waals surface area contributed by atoms with E-state index in [1.165, 1.54) is 0 Å². The van der Waals surface area contributed by atoms with Crippen molar-refractivity contribution >= 4 is 11.6 Å². The van der Waals surface area contributed by atoms with E-state index in [0.29, 0.717) is 5.69 Å². The van der Waals surface area contributed by atoms with Gasteiger partial charge in [0.1, 0.15) is 0 Å². The van der Waals surface area contributed by atoms with Crippen molar-refractivity contribution in [3.63, 3.8) is 0 Å². The van der Waals surface area contributed by atoms with E-state index in [9.17, 15) is 4.79 Å². The van der Waals surface area contributed by atoms with Gasteiger partial charge in [-0.15, -0.1) is 0 Å². The molecule has 16 heavy (non-hydrogen) atoms. The minimum atomic E-state index is -0.231. The lowest BCUT2D eigenvalue weighted by Gasteiger charge is -2.25. The van der Waals surface area contributed by atoms with Crippen molar-refractivity contribution in [1.29, 1.82) is 0 Å². The van der Waals surface area contributed by atoms with Gasteiger partial charge in [0.15, 0.2) is 5.69 Å². The van der Waals surface area contributed by atoms with Gasteiger partial charge in [-0.1, -0.05) is 13.3 Å². The lowest BCUT2D eigenvalue weighted by Crippen LogP contribution is -2.43. The van der Waals surface area contributed by atoms with Gasteiger partial charge in [0.25, 0.3) is 5.91 Å². The maximum Gasteiger partial charge on any atom is 0.274 e. The molecular weight excluding hydrogens is 204 g/mol. The van der Waals surface area contributed by atoms with E-state index in [2.05, 4.69) is 22.4 Å². The van der Waals surface area contributed by atoms with Crippen LogP contribution in [0, 0.1) is 6.92 Å². The fourth-order valence-electron chi connectivity index (χ4n) is 1.66. The predicted octanol–water partition coefficient (Wildman–Crippen LogP) is 1.61. The number of nitrogens with two attached hydrogens (primary N) is 1. The summed E-state index contributed by atoms with van der Waals surface area (Å²) in [6.07, 6.45) is 1.93. The fourth-order valence-corrected chi connectivity index (χ4v) is 1.66. The standard InChI is InChI=1S/C11H20N4O/c1-5-6-11(3,4)13-10(16)9-8(12)7(2)14-15-9/h5-6,12H2,1-4H3,(H,13,16)(H,14,15). The van der Waals surface area contributed by atoms with Crippen molar-refractivity contribution in [2.45, 2.75) is 46.1 Å². The number of rotatable bonds is 4. The van der Waals surface area contributed by atoms with Crippen molar-refractivity contribution in [3.8, 4) is 0 Å². The highest BCUT2D eigenvalue weighted by Gasteiger charge is 2.23. The predicted molar refractivity (Wildman–Crippen MR) is 64.2 cm³/mol. The zero-order valence-electron chi connectivity index (χ0n) is 10.3. The second-order valence-electron chi connectivity index (χ2n) is 4.70. The molecule has 0 atom stereocenters. The highest BCUT2D eigenvalue weighted by Crippen LogP contribution is 2.16. The molecule has 0 aliphatic rings. The number of carbonyl (C=O) groups excluding carboxylic acids is 1. The summed E-state index contributed by atoms with van der Waals surface area (Å²) in [5, 5.41) is 9.52. The average molecular weight is 224 g/mol. The molecule has 1 heterocycles. The number of hydrogen-bond donors (Lipinski definition) is 3. The molecule has 0 saturated carbocycles. The lowest BCUT2D eigenvalue weighted by atomic mass is 9.99. The zero-order valence-corrected chi connectivity index (χ0v) is 10.3. The van der Waals surface area contributed by atoms with Crippen LogP contribution in [0.1, 0.15) is 49.8 Å². The third-order valence-electron chi connectivity index (χ3n) is 2.54. The van der Waals surface area contributed by atoms with Gasteiger partial charge < -0.3 is 11.1 Å². The Balaban J connectivity index is 2.77. The lowest BCUT2D eigenvalue weighted by molar-refractivity contribution is 0.0905. The van der Waals surface area contributed by atoms with Crippen LogP contribution in [-0.4, -0.2) is 21.6 Å². The molecule has 0 aliphatic heterocycles. The number of aromatic nitrogens is 2. The largest absolute Gasteiger partial charge is 0.395 e. The Kier molecular flexibility index (Phi) is 3.57. The zero-order chi connectivity index (χ0) is 12.3. The van der Waals surface area contributed by atoms with Gasteiger partial charge in [-0.05, 0) is 27.2 Å². The number of aromatic amines is 1. The molecule has 0 unspecified atom stereocenters. The second-order valence-corrected chi connectivity index (χ2v) is 4.70. The van der Waals surface area contributed by atoms with E-state index in [-0.39, 0.29) is 17.1 Å². The van der Waals surface area contributed by atoms with Crippen LogP contribution < -0.4 is 11.1 Å². The van der Waals surface area contributed by atoms with Crippen molar-refractivity contribution in [1.82, 2.24) is 15.5 Å². The van der Waals surface area contributed by atoms with Crippen LogP contribution in [0.15, 0.2) is 0 Å². The summed E-state index contributed by atoms with van der Waals surface area (Å²) in [5.41, 5.74) is 6.93. The van der Waals surface area contributed by atoms with E-state index in [1.807, 2.05) is 13.8 Å². The van der Waals surface area contributed by atoms with Gasteiger partial charge in [-0.3, -0.25) is 9.89 Å². The number of anilines is 1. The number of H-pyrrole nitrogens is 1. The molecule has 0 spiro atoms. The first kappa shape index (κ1) is 12.5. The number of nitrogens with one attached hydrogen (secondary N) is 2. The van der Waals surface area contributed by atoms with Gasteiger partial charge in [0.2, 0.25) is 0 Å². The highest BCUT2D eigenvalue weighted by atomic mass is 16.2. The number of carbonyl (C=O) groups is 1. The van der Waals surface area contributed by atoms with Gasteiger partial charge in [0.05, 0.1) is 11.4 Å². The Morgan fingerprint density at radius 2 is 2.19 bits per heavy atom. The number of nitrogen functional groups attached to an aromatic ring is 1. The van der Waals surface area contributed by atoms with Crippen LogP contribution in [0.5, 0.6) is 0 Å². The van der Waals surface area contributed by atoms with Crippen molar-refractivity contribution < 1.29 is 4.79 Å². The normalized spacial score (nSPS) is 11.5. The minimum absolute atomic E-state index is 0.222. The van der Waals surface area contributed by atoms with Crippen LogP contribution in [-0.2, 0) is 0 Å². The van der Waals surface area contributed by atoms with Crippen LogP contribution in [0.25, 0.3) is 0 Å². The minimum Gasteiger partial charge on any atom is -0.395 e. The summed E-state index contributed by atoms with van der Waals surface area (Å²) in [5.74, 6) is -0.222. The monoisotopic (exact) mass is 224 g/mol. The molecule has 1 aromatic heterocycles. The topological polar surface area (TPSA) is 83.8 Å². The summed E-state index contributed by atoms with van der Waals surface area (Å²) in [6.45, 7) is 7.85. The summed E-state index contributed by atoms with van der Waals surface area (Å²) >= 11 is 0. The molecule has 1 amide bonds. The Bertz CT molecular complexity index is 381. The van der Waals surface area contributed by atoms with E-state index in [4.69, 9.17) is 5.73 Å². The Labute approximate surface area is 95.8 Å². The number of aryl methyl sites for hydroxylation is 1. The Hall–Kier alpha value is -1.52.